The summed E-state index contributed by atoms with van der Waals surface area (Å²) < 4.78 is 2.42. The standard InChI is InChI=1S/C28H52N/c1-3-5-7-9-11-12-13-14-15-16-18-20-23-28-24-22-26-29(27-28)25-21-19-17-10-8-6-4-2/h22,24,26-27H,3-21,23,25H2,1-2H3/q+1. The van der Waals surface area contributed by atoms with E-state index in [1.807, 2.05) is 0 Å². The summed E-state index contributed by atoms with van der Waals surface area (Å²) in [5.74, 6) is 0. The summed E-state index contributed by atoms with van der Waals surface area (Å²) in [6, 6.07) is 4.57. The van der Waals surface area contributed by atoms with Crippen molar-refractivity contribution < 1.29 is 4.57 Å². The molecule has 0 amide bonds. The summed E-state index contributed by atoms with van der Waals surface area (Å²) in [6.45, 7) is 5.79. The molecule has 0 N–H and O–H groups in total. The Kier molecular flexibility index (Phi) is 18.4. The van der Waals surface area contributed by atoms with E-state index in [-0.39, 0.29) is 0 Å². The van der Waals surface area contributed by atoms with Gasteiger partial charge in [0.25, 0.3) is 0 Å². The predicted molar refractivity (Wildman–Crippen MR) is 129 cm³/mol. The third-order valence-corrected chi connectivity index (χ3v) is 6.26. The van der Waals surface area contributed by atoms with E-state index in [9.17, 15) is 0 Å². The lowest BCUT2D eigenvalue weighted by atomic mass is 10.0. The Hall–Kier alpha value is -0.850. The van der Waals surface area contributed by atoms with Crippen LogP contribution in [0.15, 0.2) is 24.5 Å². The molecule has 0 aliphatic rings. The van der Waals surface area contributed by atoms with Gasteiger partial charge in [-0.25, -0.2) is 4.57 Å². The minimum atomic E-state index is 1.19. The molecule has 0 aromatic carbocycles. The molecular formula is C28H52N+. The summed E-state index contributed by atoms with van der Waals surface area (Å²) in [5, 5.41) is 0. The van der Waals surface area contributed by atoms with Crippen LogP contribution in [0, 0.1) is 0 Å². The van der Waals surface area contributed by atoms with Crippen molar-refractivity contribution in [1.29, 1.82) is 0 Å². The minimum absolute atomic E-state index is 1.19. The molecular weight excluding hydrogens is 350 g/mol. The molecule has 0 radical (unpaired) electrons. The Bertz CT molecular complexity index is 453. The fourth-order valence-corrected chi connectivity index (χ4v) is 4.28. The van der Waals surface area contributed by atoms with Crippen molar-refractivity contribution in [2.24, 2.45) is 0 Å². The molecule has 1 heterocycles. The van der Waals surface area contributed by atoms with Crippen molar-refractivity contribution in [1.82, 2.24) is 0 Å². The van der Waals surface area contributed by atoms with Gasteiger partial charge in [0.15, 0.2) is 12.4 Å². The molecule has 0 unspecified atom stereocenters. The van der Waals surface area contributed by atoms with Crippen molar-refractivity contribution in [2.75, 3.05) is 0 Å². The first-order valence-electron chi connectivity index (χ1n) is 13.3. The van der Waals surface area contributed by atoms with E-state index in [1.54, 1.807) is 0 Å². The number of aromatic nitrogens is 1. The number of hydrogen-bond donors (Lipinski definition) is 0. The second kappa shape index (κ2) is 20.4. The Morgan fingerprint density at radius 2 is 1.00 bits per heavy atom. The van der Waals surface area contributed by atoms with Gasteiger partial charge in [0.05, 0.1) is 0 Å². The highest BCUT2D eigenvalue weighted by Crippen LogP contribution is 2.13. The van der Waals surface area contributed by atoms with Crippen LogP contribution in [0.5, 0.6) is 0 Å². The van der Waals surface area contributed by atoms with E-state index in [4.69, 9.17) is 0 Å². The highest BCUT2D eigenvalue weighted by molar-refractivity contribution is 5.05. The average Bonchev–Trinajstić information content (AvgIpc) is 2.74. The number of pyridine rings is 1. The lowest BCUT2D eigenvalue weighted by Crippen LogP contribution is -2.33. The lowest BCUT2D eigenvalue weighted by Gasteiger charge is -2.04. The van der Waals surface area contributed by atoms with Gasteiger partial charge in [-0.15, -0.1) is 0 Å². The first kappa shape index (κ1) is 26.2. The normalized spacial score (nSPS) is 11.2. The Labute approximate surface area is 183 Å². The van der Waals surface area contributed by atoms with Gasteiger partial charge in [-0.2, -0.15) is 0 Å². The first-order valence-corrected chi connectivity index (χ1v) is 13.3. The van der Waals surface area contributed by atoms with Crippen molar-refractivity contribution in [3.05, 3.63) is 30.1 Å². The Morgan fingerprint density at radius 1 is 0.552 bits per heavy atom. The zero-order valence-corrected chi connectivity index (χ0v) is 20.1. The number of rotatable bonds is 21. The molecule has 1 aromatic rings. The highest BCUT2D eigenvalue weighted by Gasteiger charge is 2.03. The van der Waals surface area contributed by atoms with Crippen LogP contribution in [0.4, 0.5) is 0 Å². The maximum absolute atomic E-state index is 2.42. The van der Waals surface area contributed by atoms with Crippen LogP contribution >= 0.6 is 0 Å². The van der Waals surface area contributed by atoms with Gasteiger partial charge in [-0.1, -0.05) is 117 Å². The molecule has 0 bridgehead atoms. The minimum Gasteiger partial charge on any atom is -0.205 e. The molecule has 0 fully saturated rings. The van der Waals surface area contributed by atoms with E-state index in [0.29, 0.717) is 0 Å². The second-order valence-electron chi connectivity index (χ2n) is 9.21. The van der Waals surface area contributed by atoms with Crippen molar-refractivity contribution in [2.45, 2.75) is 149 Å². The third kappa shape index (κ3) is 16.6. The number of nitrogens with zero attached hydrogens (tertiary/aromatic N) is 1. The van der Waals surface area contributed by atoms with E-state index in [2.05, 4.69) is 42.9 Å². The quantitative estimate of drug-likeness (QED) is 0.143. The van der Waals surface area contributed by atoms with Crippen LogP contribution in [0.1, 0.15) is 141 Å². The summed E-state index contributed by atoms with van der Waals surface area (Å²) in [7, 11) is 0. The molecule has 168 valence electrons. The molecule has 1 aromatic heterocycles. The predicted octanol–water partition coefficient (Wildman–Crippen LogP) is 8.97. The summed E-state index contributed by atoms with van der Waals surface area (Å²) in [5.41, 5.74) is 1.53. The molecule has 1 heteroatoms. The zero-order chi connectivity index (χ0) is 20.8. The highest BCUT2D eigenvalue weighted by atomic mass is 14.9. The molecule has 1 rings (SSSR count). The summed E-state index contributed by atoms with van der Waals surface area (Å²) >= 11 is 0. The van der Waals surface area contributed by atoms with Gasteiger partial charge in [0.2, 0.25) is 0 Å². The zero-order valence-electron chi connectivity index (χ0n) is 20.1. The van der Waals surface area contributed by atoms with Gasteiger partial charge < -0.3 is 0 Å². The number of aryl methyl sites for hydroxylation is 2. The van der Waals surface area contributed by atoms with E-state index >= 15 is 0 Å². The Balaban J connectivity index is 1.96. The number of unbranched alkanes of at least 4 members (excludes halogenated alkanes) is 17. The van der Waals surface area contributed by atoms with Gasteiger partial charge in [-0.05, 0) is 25.3 Å². The fraction of sp³-hybridized carbons (Fsp3) is 0.821. The maximum Gasteiger partial charge on any atom is 0.171 e. The SMILES string of the molecule is CCCCCCCCCCCCCCc1ccc[n+](CCCCCCCCC)c1. The van der Waals surface area contributed by atoms with Gasteiger partial charge in [-0.3, -0.25) is 0 Å². The van der Waals surface area contributed by atoms with Gasteiger partial charge >= 0.3 is 0 Å². The average molecular weight is 403 g/mol. The second-order valence-corrected chi connectivity index (χ2v) is 9.21. The summed E-state index contributed by atoms with van der Waals surface area (Å²) in [4.78, 5) is 0. The van der Waals surface area contributed by atoms with Crippen LogP contribution in [0.2, 0.25) is 0 Å². The van der Waals surface area contributed by atoms with E-state index in [1.165, 1.54) is 141 Å². The van der Waals surface area contributed by atoms with Crippen LogP contribution < -0.4 is 4.57 Å². The molecule has 0 saturated heterocycles. The monoisotopic (exact) mass is 402 g/mol. The van der Waals surface area contributed by atoms with Crippen LogP contribution in [0.25, 0.3) is 0 Å². The smallest absolute Gasteiger partial charge is 0.171 e. The molecule has 0 aliphatic heterocycles. The van der Waals surface area contributed by atoms with Crippen molar-refractivity contribution >= 4 is 0 Å². The van der Waals surface area contributed by atoms with Gasteiger partial charge in [0, 0.05) is 18.1 Å². The topological polar surface area (TPSA) is 3.88 Å². The van der Waals surface area contributed by atoms with Crippen LogP contribution in [0.3, 0.4) is 0 Å². The maximum atomic E-state index is 2.42. The van der Waals surface area contributed by atoms with Gasteiger partial charge in [0.1, 0.15) is 6.54 Å². The molecule has 0 saturated carbocycles. The van der Waals surface area contributed by atoms with Crippen molar-refractivity contribution in [3.63, 3.8) is 0 Å². The van der Waals surface area contributed by atoms with E-state index < -0.39 is 0 Å². The molecule has 0 atom stereocenters. The van der Waals surface area contributed by atoms with E-state index in [0.717, 1.165) is 0 Å². The fourth-order valence-electron chi connectivity index (χ4n) is 4.28. The third-order valence-electron chi connectivity index (χ3n) is 6.26. The lowest BCUT2D eigenvalue weighted by molar-refractivity contribution is -0.697. The van der Waals surface area contributed by atoms with Crippen LogP contribution in [-0.4, -0.2) is 0 Å². The molecule has 29 heavy (non-hydrogen) atoms. The molecule has 1 nitrogen and oxygen atoms in total. The largest absolute Gasteiger partial charge is 0.205 e. The summed E-state index contributed by atoms with van der Waals surface area (Å²) in [6.07, 6.45) is 32.9. The molecule has 0 aliphatic carbocycles. The first-order chi connectivity index (χ1) is 14.4. The molecule has 0 spiro atoms. The van der Waals surface area contributed by atoms with Crippen LogP contribution in [-0.2, 0) is 13.0 Å². The van der Waals surface area contributed by atoms with Crippen molar-refractivity contribution in [3.8, 4) is 0 Å². The Morgan fingerprint density at radius 3 is 1.52 bits per heavy atom. The number of hydrogen-bond acceptors (Lipinski definition) is 0.